The summed E-state index contributed by atoms with van der Waals surface area (Å²) in [6.07, 6.45) is 2.21. The number of thiophene rings is 1. The molecule has 1 N–H and O–H groups in total. The summed E-state index contributed by atoms with van der Waals surface area (Å²) in [6.45, 7) is -0.283. The molecule has 0 saturated carbocycles. The van der Waals surface area contributed by atoms with Crippen LogP contribution in [0, 0.1) is 10.1 Å². The van der Waals surface area contributed by atoms with Gasteiger partial charge in [0.1, 0.15) is 18.9 Å². The molecule has 0 aliphatic heterocycles. The molecule has 1 amide bonds. The molecule has 9 heteroatoms. The maximum absolute atomic E-state index is 11.6. The van der Waals surface area contributed by atoms with Crippen molar-refractivity contribution in [3.8, 4) is 0 Å². The lowest BCUT2D eigenvalue weighted by Crippen LogP contribution is -2.32. The first-order valence-electron chi connectivity index (χ1n) is 5.56. The van der Waals surface area contributed by atoms with Gasteiger partial charge in [-0.2, -0.15) is 5.10 Å². The van der Waals surface area contributed by atoms with E-state index in [1.807, 2.05) is 0 Å². The van der Waals surface area contributed by atoms with Gasteiger partial charge in [0.15, 0.2) is 5.78 Å². The summed E-state index contributed by atoms with van der Waals surface area (Å²) < 4.78 is 1.14. The van der Waals surface area contributed by atoms with E-state index in [0.29, 0.717) is 4.88 Å². The molecule has 0 aliphatic carbocycles. The lowest BCUT2D eigenvalue weighted by atomic mass is 10.3. The van der Waals surface area contributed by atoms with Gasteiger partial charge in [0.2, 0.25) is 5.91 Å². The largest absolute Gasteiger partial charge is 0.347 e. The van der Waals surface area contributed by atoms with Crippen LogP contribution in [0.5, 0.6) is 0 Å². The molecule has 0 aliphatic rings. The maximum Gasteiger partial charge on any atom is 0.307 e. The number of nitrogens with one attached hydrogen (secondary N) is 1. The van der Waals surface area contributed by atoms with E-state index in [9.17, 15) is 19.7 Å². The van der Waals surface area contributed by atoms with Gasteiger partial charge in [0, 0.05) is 0 Å². The van der Waals surface area contributed by atoms with E-state index < -0.39 is 10.8 Å². The van der Waals surface area contributed by atoms with Gasteiger partial charge in [-0.15, -0.1) is 11.3 Å². The zero-order valence-corrected chi connectivity index (χ0v) is 11.0. The van der Waals surface area contributed by atoms with Crippen molar-refractivity contribution in [2.75, 3.05) is 6.54 Å². The third-order valence-corrected chi connectivity index (χ3v) is 3.29. The number of ketones is 1. The second kappa shape index (κ2) is 6.06. The van der Waals surface area contributed by atoms with Crippen molar-refractivity contribution in [1.82, 2.24) is 15.1 Å². The number of Topliss-reactive ketones (excluding diaryl/α,β-unsaturated/α-hetero) is 1. The Hall–Kier alpha value is -2.55. The van der Waals surface area contributed by atoms with Crippen LogP contribution in [0.1, 0.15) is 9.67 Å². The van der Waals surface area contributed by atoms with Gasteiger partial charge in [-0.25, -0.2) is 0 Å². The third kappa shape index (κ3) is 3.48. The van der Waals surface area contributed by atoms with Gasteiger partial charge >= 0.3 is 5.69 Å². The molecular formula is C11H10N4O4S. The fourth-order valence-corrected chi connectivity index (χ4v) is 2.10. The second-order valence-corrected chi connectivity index (χ2v) is 4.78. The first kappa shape index (κ1) is 13.9. The van der Waals surface area contributed by atoms with Crippen LogP contribution in [0.2, 0.25) is 0 Å². The molecule has 104 valence electrons. The van der Waals surface area contributed by atoms with Crippen LogP contribution >= 0.6 is 11.3 Å². The zero-order valence-electron chi connectivity index (χ0n) is 10.2. The first-order valence-corrected chi connectivity index (χ1v) is 6.44. The summed E-state index contributed by atoms with van der Waals surface area (Å²) in [5, 5.41) is 18.4. The average Bonchev–Trinajstić information content (AvgIpc) is 3.06. The minimum absolute atomic E-state index is 0.108. The molecular weight excluding hydrogens is 284 g/mol. The predicted octanol–water partition coefficient (Wildman–Crippen LogP) is 0.852. The van der Waals surface area contributed by atoms with Crippen molar-refractivity contribution in [1.29, 1.82) is 0 Å². The molecule has 2 heterocycles. The van der Waals surface area contributed by atoms with E-state index in [1.54, 1.807) is 17.5 Å². The van der Waals surface area contributed by atoms with E-state index in [1.165, 1.54) is 11.3 Å². The summed E-state index contributed by atoms with van der Waals surface area (Å²) in [5.41, 5.74) is -0.188. The molecule has 2 rings (SSSR count). The Bertz CT molecular complexity index is 635. The highest BCUT2D eigenvalue weighted by Gasteiger charge is 2.12. The van der Waals surface area contributed by atoms with Crippen LogP contribution in [0.25, 0.3) is 0 Å². The number of rotatable bonds is 6. The standard InChI is InChI=1S/C11H10N4O4S/c16-9(10-2-1-3-20-10)5-12-11(17)7-14-6-8(4-13-14)15(18)19/h1-4,6H,5,7H2,(H,12,17). The topological polar surface area (TPSA) is 107 Å². The van der Waals surface area contributed by atoms with Crippen molar-refractivity contribution in [3.63, 3.8) is 0 Å². The molecule has 0 saturated heterocycles. The number of hydrogen-bond acceptors (Lipinski definition) is 6. The Morgan fingerprint density at radius 2 is 2.30 bits per heavy atom. The lowest BCUT2D eigenvalue weighted by Gasteiger charge is -2.03. The normalized spacial score (nSPS) is 10.2. The predicted molar refractivity (Wildman–Crippen MR) is 70.5 cm³/mol. The summed E-state index contributed by atoms with van der Waals surface area (Å²) in [7, 11) is 0. The molecule has 20 heavy (non-hydrogen) atoms. The number of nitro groups is 1. The van der Waals surface area contributed by atoms with E-state index in [0.717, 1.165) is 17.1 Å². The van der Waals surface area contributed by atoms with Crippen molar-refractivity contribution >= 4 is 28.7 Å². The summed E-state index contributed by atoms with van der Waals surface area (Å²) >= 11 is 1.30. The molecule has 0 unspecified atom stereocenters. The van der Waals surface area contributed by atoms with Crippen molar-refractivity contribution < 1.29 is 14.5 Å². The van der Waals surface area contributed by atoms with E-state index in [-0.39, 0.29) is 24.6 Å². The lowest BCUT2D eigenvalue weighted by molar-refractivity contribution is -0.385. The highest BCUT2D eigenvalue weighted by Crippen LogP contribution is 2.09. The van der Waals surface area contributed by atoms with Gasteiger partial charge in [-0.3, -0.25) is 24.4 Å². The number of nitrogens with zero attached hydrogens (tertiary/aromatic N) is 3. The van der Waals surface area contributed by atoms with Crippen molar-refractivity contribution in [2.45, 2.75) is 6.54 Å². The number of carbonyl (C=O) groups excluding carboxylic acids is 2. The van der Waals surface area contributed by atoms with Gasteiger partial charge < -0.3 is 5.32 Å². The maximum atomic E-state index is 11.6. The third-order valence-electron chi connectivity index (χ3n) is 2.38. The van der Waals surface area contributed by atoms with Crippen molar-refractivity contribution in [2.24, 2.45) is 0 Å². The summed E-state index contributed by atoms with van der Waals surface area (Å²) in [5.74, 6) is -0.618. The van der Waals surface area contributed by atoms with Crippen molar-refractivity contribution in [3.05, 3.63) is 44.9 Å². The number of amides is 1. The SMILES string of the molecule is O=C(Cn1cc([N+](=O)[O-])cn1)NCC(=O)c1cccs1. The monoisotopic (exact) mass is 294 g/mol. The Labute approximate surface area is 117 Å². The minimum Gasteiger partial charge on any atom is -0.347 e. The highest BCUT2D eigenvalue weighted by atomic mass is 32.1. The van der Waals surface area contributed by atoms with Gasteiger partial charge in [-0.1, -0.05) is 6.07 Å². The van der Waals surface area contributed by atoms with E-state index in [4.69, 9.17) is 0 Å². The fourth-order valence-electron chi connectivity index (χ4n) is 1.44. The molecule has 0 spiro atoms. The van der Waals surface area contributed by atoms with Crippen LogP contribution in [0.15, 0.2) is 29.9 Å². The van der Waals surface area contributed by atoms with Crippen LogP contribution in [0.3, 0.4) is 0 Å². The number of hydrogen-bond donors (Lipinski definition) is 1. The van der Waals surface area contributed by atoms with E-state index >= 15 is 0 Å². The molecule has 0 atom stereocenters. The van der Waals surface area contributed by atoms with Crippen LogP contribution in [-0.2, 0) is 11.3 Å². The Balaban J connectivity index is 1.83. The zero-order chi connectivity index (χ0) is 14.5. The number of aromatic nitrogens is 2. The molecule has 2 aromatic rings. The smallest absolute Gasteiger partial charge is 0.307 e. The van der Waals surface area contributed by atoms with Crippen LogP contribution in [-0.4, -0.2) is 32.9 Å². The highest BCUT2D eigenvalue weighted by molar-refractivity contribution is 7.12. The van der Waals surface area contributed by atoms with Crippen LogP contribution < -0.4 is 5.32 Å². The summed E-state index contributed by atoms with van der Waals surface area (Å²) in [4.78, 5) is 33.6. The summed E-state index contributed by atoms with van der Waals surface area (Å²) in [6, 6.07) is 3.43. The fraction of sp³-hybridized carbons (Fsp3) is 0.182. The number of carbonyl (C=O) groups is 2. The van der Waals surface area contributed by atoms with Crippen LogP contribution in [0.4, 0.5) is 5.69 Å². The molecule has 8 nitrogen and oxygen atoms in total. The molecule has 0 aromatic carbocycles. The molecule has 0 fully saturated rings. The van der Waals surface area contributed by atoms with Gasteiger partial charge in [0.05, 0.1) is 16.3 Å². The van der Waals surface area contributed by atoms with E-state index in [2.05, 4.69) is 10.4 Å². The molecule has 0 radical (unpaired) electrons. The molecule has 0 bridgehead atoms. The molecule has 2 aromatic heterocycles. The van der Waals surface area contributed by atoms with Gasteiger partial charge in [0.25, 0.3) is 0 Å². The Morgan fingerprint density at radius 3 is 2.90 bits per heavy atom. The van der Waals surface area contributed by atoms with Gasteiger partial charge in [-0.05, 0) is 11.4 Å². The average molecular weight is 294 g/mol. The Kier molecular flexibility index (Phi) is 4.20. The second-order valence-electron chi connectivity index (χ2n) is 3.83. The minimum atomic E-state index is -0.596. The quantitative estimate of drug-likeness (QED) is 0.483. The first-order chi connectivity index (χ1) is 9.56. The Morgan fingerprint density at radius 1 is 1.50 bits per heavy atom.